The second-order valence-electron chi connectivity index (χ2n) is 4.48. The maximum Gasteiger partial charge on any atom is 0.273 e. The van der Waals surface area contributed by atoms with Crippen LogP contribution >= 0.6 is 39.3 Å². The van der Waals surface area contributed by atoms with E-state index in [1.165, 1.54) is 11.8 Å². The van der Waals surface area contributed by atoms with Gasteiger partial charge in [-0.05, 0) is 52.3 Å². The van der Waals surface area contributed by atoms with E-state index in [0.717, 1.165) is 9.80 Å². The molecule has 0 spiro atoms. The van der Waals surface area contributed by atoms with Gasteiger partial charge in [-0.3, -0.25) is 9.59 Å². The largest absolute Gasteiger partial charge is 0.273 e. The Morgan fingerprint density at radius 3 is 2.18 bits per heavy atom. The second kappa shape index (κ2) is 6.28. The van der Waals surface area contributed by atoms with Crippen molar-refractivity contribution in [3.63, 3.8) is 0 Å². The molecule has 2 aromatic rings. The van der Waals surface area contributed by atoms with Gasteiger partial charge in [0.25, 0.3) is 11.8 Å². The molecule has 0 bridgehead atoms. The van der Waals surface area contributed by atoms with Crippen molar-refractivity contribution in [2.45, 2.75) is 4.90 Å². The Kier molecular flexibility index (Phi) is 4.38. The molecule has 6 heteroatoms. The van der Waals surface area contributed by atoms with Crippen LogP contribution in [-0.4, -0.2) is 11.8 Å². The van der Waals surface area contributed by atoms with Crippen LogP contribution in [0.25, 0.3) is 0 Å². The van der Waals surface area contributed by atoms with E-state index in [-0.39, 0.29) is 16.3 Å². The normalized spacial score (nSPS) is 14.9. The number of carbonyl (C=O) groups excluding carboxylic acids is 2. The van der Waals surface area contributed by atoms with Crippen molar-refractivity contribution >= 4 is 56.8 Å². The third-order valence-electron chi connectivity index (χ3n) is 3.04. The summed E-state index contributed by atoms with van der Waals surface area (Å²) in [7, 11) is 0. The lowest BCUT2D eigenvalue weighted by atomic mass is 10.3. The highest BCUT2D eigenvalue weighted by Crippen LogP contribution is 2.39. The standard InChI is InChI=1S/C16H9BrClNO2S/c17-13-14(22-12-4-2-1-3-5-12)16(21)19(15(13)20)11-8-6-10(18)7-9-11/h1-9H. The number of benzene rings is 2. The van der Waals surface area contributed by atoms with E-state index >= 15 is 0 Å². The average molecular weight is 395 g/mol. The number of halogens is 2. The number of hydrogen-bond acceptors (Lipinski definition) is 3. The number of thioether (sulfide) groups is 1. The first-order valence-corrected chi connectivity index (χ1v) is 8.33. The zero-order valence-corrected chi connectivity index (χ0v) is 14.3. The molecular formula is C16H9BrClNO2S. The van der Waals surface area contributed by atoms with Gasteiger partial charge < -0.3 is 0 Å². The predicted octanol–water partition coefficient (Wildman–Crippen LogP) is 4.61. The summed E-state index contributed by atoms with van der Waals surface area (Å²) in [5.41, 5.74) is 0.500. The van der Waals surface area contributed by atoms with Crippen molar-refractivity contribution < 1.29 is 9.59 Å². The Labute approximate surface area is 145 Å². The van der Waals surface area contributed by atoms with E-state index in [9.17, 15) is 9.59 Å². The number of imide groups is 1. The van der Waals surface area contributed by atoms with E-state index in [1.54, 1.807) is 24.3 Å². The minimum Gasteiger partial charge on any atom is -0.268 e. The minimum atomic E-state index is -0.370. The van der Waals surface area contributed by atoms with E-state index in [2.05, 4.69) is 15.9 Å². The van der Waals surface area contributed by atoms with Gasteiger partial charge in [-0.15, -0.1) is 0 Å². The van der Waals surface area contributed by atoms with Crippen molar-refractivity contribution in [1.29, 1.82) is 0 Å². The zero-order chi connectivity index (χ0) is 15.7. The van der Waals surface area contributed by atoms with Gasteiger partial charge >= 0.3 is 0 Å². The van der Waals surface area contributed by atoms with Gasteiger partial charge in [0.1, 0.15) is 4.48 Å². The van der Waals surface area contributed by atoms with Gasteiger partial charge in [0, 0.05) is 9.92 Å². The lowest BCUT2D eigenvalue weighted by molar-refractivity contribution is -0.120. The Bertz CT molecular complexity index is 774. The molecule has 0 N–H and O–H groups in total. The SMILES string of the molecule is O=C1C(Br)=C(Sc2ccccc2)C(=O)N1c1ccc(Cl)cc1. The Morgan fingerprint density at radius 2 is 1.55 bits per heavy atom. The van der Waals surface area contributed by atoms with Gasteiger partial charge in [-0.2, -0.15) is 0 Å². The van der Waals surface area contributed by atoms with E-state index in [0.29, 0.717) is 15.6 Å². The lowest BCUT2D eigenvalue weighted by Gasteiger charge is -2.14. The van der Waals surface area contributed by atoms with Gasteiger partial charge in [-0.25, -0.2) is 4.90 Å². The van der Waals surface area contributed by atoms with Crippen molar-refractivity contribution in [2.24, 2.45) is 0 Å². The van der Waals surface area contributed by atoms with Gasteiger partial charge in [0.2, 0.25) is 0 Å². The summed E-state index contributed by atoms with van der Waals surface area (Å²) < 4.78 is 0.279. The molecule has 3 nitrogen and oxygen atoms in total. The van der Waals surface area contributed by atoms with Gasteiger partial charge in [0.15, 0.2) is 0 Å². The number of nitrogens with zero attached hydrogens (tertiary/aromatic N) is 1. The number of amides is 2. The molecule has 2 aromatic carbocycles. The monoisotopic (exact) mass is 393 g/mol. The summed E-state index contributed by atoms with van der Waals surface area (Å²) in [6.07, 6.45) is 0. The Hall–Kier alpha value is -1.56. The molecular weight excluding hydrogens is 386 g/mol. The molecule has 0 fully saturated rings. The summed E-state index contributed by atoms with van der Waals surface area (Å²) in [6.45, 7) is 0. The number of rotatable bonds is 3. The Morgan fingerprint density at radius 1 is 0.909 bits per heavy atom. The van der Waals surface area contributed by atoms with Crippen LogP contribution in [0.15, 0.2) is 68.9 Å². The first kappa shape index (κ1) is 15.3. The van der Waals surface area contributed by atoms with E-state index < -0.39 is 0 Å². The minimum absolute atomic E-state index is 0.279. The van der Waals surface area contributed by atoms with E-state index in [1.807, 2.05) is 30.3 Å². The summed E-state index contributed by atoms with van der Waals surface area (Å²) >= 11 is 10.4. The van der Waals surface area contributed by atoms with E-state index in [4.69, 9.17) is 11.6 Å². The molecule has 1 heterocycles. The lowest BCUT2D eigenvalue weighted by Crippen LogP contribution is -2.30. The average Bonchev–Trinajstić information content (AvgIpc) is 2.73. The second-order valence-corrected chi connectivity index (χ2v) is 6.79. The van der Waals surface area contributed by atoms with Crippen LogP contribution in [0.3, 0.4) is 0 Å². The summed E-state index contributed by atoms with van der Waals surface area (Å²) in [5.74, 6) is -0.709. The zero-order valence-electron chi connectivity index (χ0n) is 11.1. The number of anilines is 1. The third kappa shape index (κ3) is 2.84. The smallest absolute Gasteiger partial charge is 0.268 e. The van der Waals surface area contributed by atoms with Crippen LogP contribution in [0.1, 0.15) is 0 Å². The molecule has 1 aliphatic rings. The van der Waals surface area contributed by atoms with Crippen LogP contribution in [-0.2, 0) is 9.59 Å². The highest BCUT2D eigenvalue weighted by Gasteiger charge is 2.38. The summed E-state index contributed by atoms with van der Waals surface area (Å²) in [4.78, 5) is 27.4. The van der Waals surface area contributed by atoms with Gasteiger partial charge in [-0.1, -0.05) is 41.6 Å². The third-order valence-corrected chi connectivity index (χ3v) is 5.38. The van der Waals surface area contributed by atoms with Crippen LogP contribution in [0.2, 0.25) is 5.02 Å². The summed E-state index contributed by atoms with van der Waals surface area (Å²) in [5, 5.41) is 0.550. The quantitative estimate of drug-likeness (QED) is 0.713. The van der Waals surface area contributed by atoms with Crippen molar-refractivity contribution in [1.82, 2.24) is 0 Å². The van der Waals surface area contributed by atoms with Crippen LogP contribution in [0.4, 0.5) is 5.69 Å². The van der Waals surface area contributed by atoms with Crippen LogP contribution in [0, 0.1) is 0 Å². The molecule has 0 saturated heterocycles. The summed E-state index contributed by atoms with van der Waals surface area (Å²) in [6, 6.07) is 16.0. The molecule has 0 saturated carbocycles. The maximum atomic E-state index is 12.6. The molecule has 110 valence electrons. The van der Waals surface area contributed by atoms with Crippen LogP contribution in [0.5, 0.6) is 0 Å². The first-order valence-electron chi connectivity index (χ1n) is 6.35. The topological polar surface area (TPSA) is 37.4 Å². The predicted molar refractivity (Wildman–Crippen MR) is 92.2 cm³/mol. The maximum absolute atomic E-state index is 12.6. The molecule has 0 aliphatic carbocycles. The first-order chi connectivity index (χ1) is 10.6. The highest BCUT2D eigenvalue weighted by molar-refractivity contribution is 9.12. The van der Waals surface area contributed by atoms with Crippen LogP contribution < -0.4 is 4.90 Å². The molecule has 0 unspecified atom stereocenters. The van der Waals surface area contributed by atoms with Gasteiger partial charge in [0.05, 0.1) is 10.6 Å². The van der Waals surface area contributed by atoms with Crippen molar-refractivity contribution in [3.05, 3.63) is 69.0 Å². The van der Waals surface area contributed by atoms with Crippen molar-refractivity contribution in [2.75, 3.05) is 4.90 Å². The molecule has 0 radical (unpaired) electrons. The van der Waals surface area contributed by atoms with Crippen molar-refractivity contribution in [3.8, 4) is 0 Å². The highest BCUT2D eigenvalue weighted by atomic mass is 79.9. The molecule has 3 rings (SSSR count). The fourth-order valence-corrected chi connectivity index (χ4v) is 3.60. The fourth-order valence-electron chi connectivity index (χ4n) is 2.00. The number of hydrogen-bond donors (Lipinski definition) is 0. The Balaban J connectivity index is 1.91. The molecule has 2 amide bonds. The molecule has 0 aromatic heterocycles. The molecule has 22 heavy (non-hydrogen) atoms. The number of carbonyl (C=O) groups is 2. The molecule has 1 aliphatic heterocycles. The molecule has 0 atom stereocenters. The fraction of sp³-hybridized carbons (Fsp3) is 0.